The number of aliphatic carboxylic acids is 1. The van der Waals surface area contributed by atoms with Crippen LogP contribution in [0.3, 0.4) is 0 Å². The minimum absolute atomic E-state index is 0.234. The van der Waals surface area contributed by atoms with Crippen molar-refractivity contribution in [2.75, 3.05) is 7.05 Å². The molecule has 0 rings (SSSR count). The smallest absolute Gasteiger partial charge is 0.326 e. The number of carboxylic acids is 1. The van der Waals surface area contributed by atoms with Gasteiger partial charge in [0.15, 0.2) is 0 Å². The second-order valence-electron chi connectivity index (χ2n) is 3.24. The van der Waals surface area contributed by atoms with Crippen LogP contribution in [0.2, 0.25) is 0 Å². The zero-order chi connectivity index (χ0) is 10.4. The summed E-state index contributed by atoms with van der Waals surface area (Å²) in [6.45, 7) is 3.81. The van der Waals surface area contributed by atoms with Crippen LogP contribution in [0.15, 0.2) is 0 Å². The van der Waals surface area contributed by atoms with Gasteiger partial charge < -0.3 is 15.7 Å². The van der Waals surface area contributed by atoms with Crippen molar-refractivity contribution in [1.29, 1.82) is 0 Å². The highest BCUT2D eigenvalue weighted by atomic mass is 16.4. The normalized spacial score (nSPS) is 12.3. The third-order valence-electron chi connectivity index (χ3n) is 1.54. The van der Waals surface area contributed by atoms with Crippen molar-refractivity contribution < 1.29 is 14.7 Å². The number of rotatable bonds is 4. The van der Waals surface area contributed by atoms with Crippen LogP contribution in [0.1, 0.15) is 20.3 Å². The first-order valence-corrected chi connectivity index (χ1v) is 4.18. The Kier molecular flexibility index (Phi) is 4.87. The highest BCUT2D eigenvalue weighted by Gasteiger charge is 2.20. The van der Waals surface area contributed by atoms with Crippen molar-refractivity contribution in [2.45, 2.75) is 26.3 Å². The summed E-state index contributed by atoms with van der Waals surface area (Å²) in [7, 11) is 1.45. The van der Waals surface area contributed by atoms with Gasteiger partial charge in [0.05, 0.1) is 0 Å². The van der Waals surface area contributed by atoms with Crippen molar-refractivity contribution in [3.8, 4) is 0 Å². The van der Waals surface area contributed by atoms with E-state index in [0.717, 1.165) is 0 Å². The summed E-state index contributed by atoms with van der Waals surface area (Å²) >= 11 is 0. The summed E-state index contributed by atoms with van der Waals surface area (Å²) < 4.78 is 0. The zero-order valence-electron chi connectivity index (χ0n) is 8.13. The topological polar surface area (TPSA) is 78.4 Å². The number of carbonyl (C=O) groups excluding carboxylic acids is 1. The quantitative estimate of drug-likeness (QED) is 0.598. The number of hydrogen-bond acceptors (Lipinski definition) is 2. The number of amides is 2. The van der Waals surface area contributed by atoms with Crippen molar-refractivity contribution in [2.24, 2.45) is 5.92 Å². The number of carbonyl (C=O) groups is 2. The highest BCUT2D eigenvalue weighted by molar-refractivity contribution is 5.82. The zero-order valence-corrected chi connectivity index (χ0v) is 8.13. The lowest BCUT2D eigenvalue weighted by molar-refractivity contribution is -0.139. The molecule has 0 aromatic heterocycles. The van der Waals surface area contributed by atoms with Gasteiger partial charge in [0.25, 0.3) is 0 Å². The second kappa shape index (κ2) is 5.40. The van der Waals surface area contributed by atoms with Crippen LogP contribution in [0, 0.1) is 5.92 Å². The van der Waals surface area contributed by atoms with E-state index >= 15 is 0 Å². The number of carboxylic acid groups (broad SMARTS) is 1. The lowest BCUT2D eigenvalue weighted by atomic mass is 10.0. The molecule has 0 aliphatic rings. The molecule has 0 aliphatic heterocycles. The number of nitrogens with one attached hydrogen (secondary N) is 2. The van der Waals surface area contributed by atoms with Gasteiger partial charge in [-0.2, -0.15) is 0 Å². The van der Waals surface area contributed by atoms with E-state index in [1.54, 1.807) is 0 Å². The van der Waals surface area contributed by atoms with Crippen molar-refractivity contribution in [3.63, 3.8) is 0 Å². The molecule has 0 saturated carbocycles. The molecule has 0 fully saturated rings. The molecule has 0 heterocycles. The fraction of sp³-hybridized carbons (Fsp3) is 0.750. The monoisotopic (exact) mass is 188 g/mol. The summed E-state index contributed by atoms with van der Waals surface area (Å²) in [5.74, 6) is -0.768. The maximum atomic E-state index is 10.8. The van der Waals surface area contributed by atoms with Crippen LogP contribution in [0.25, 0.3) is 0 Å². The average Bonchev–Trinajstić information content (AvgIpc) is 2.02. The van der Waals surface area contributed by atoms with Gasteiger partial charge in [0.2, 0.25) is 0 Å². The Bertz CT molecular complexity index is 192. The molecule has 3 N–H and O–H groups in total. The molecule has 0 aliphatic carbocycles. The Morgan fingerprint density at radius 2 is 1.92 bits per heavy atom. The number of urea groups is 1. The fourth-order valence-corrected chi connectivity index (χ4v) is 0.923. The lowest BCUT2D eigenvalue weighted by Gasteiger charge is -2.15. The van der Waals surface area contributed by atoms with Gasteiger partial charge in [0.1, 0.15) is 6.04 Å². The van der Waals surface area contributed by atoms with Gasteiger partial charge in [-0.05, 0) is 12.3 Å². The van der Waals surface area contributed by atoms with Gasteiger partial charge in [-0.3, -0.25) is 0 Å². The molecule has 2 amide bonds. The standard InChI is InChI=1S/C8H16N2O3/c1-5(2)4-6(7(11)12)10-8(13)9-3/h5-6H,4H2,1-3H3,(H,11,12)(H2,9,10,13)/t6-/m1/s1. The molecule has 5 heteroatoms. The molecule has 76 valence electrons. The van der Waals surface area contributed by atoms with Crippen molar-refractivity contribution in [1.82, 2.24) is 10.6 Å². The van der Waals surface area contributed by atoms with E-state index in [4.69, 9.17) is 5.11 Å². The van der Waals surface area contributed by atoms with E-state index in [-0.39, 0.29) is 5.92 Å². The summed E-state index contributed by atoms with van der Waals surface area (Å²) in [6.07, 6.45) is 0.433. The summed E-state index contributed by atoms with van der Waals surface area (Å²) in [5, 5.41) is 13.4. The molecule has 1 atom stereocenters. The van der Waals surface area contributed by atoms with Crippen molar-refractivity contribution >= 4 is 12.0 Å². The molecule has 0 unspecified atom stereocenters. The Balaban J connectivity index is 4.10. The minimum Gasteiger partial charge on any atom is -0.480 e. The first-order valence-electron chi connectivity index (χ1n) is 4.18. The summed E-state index contributed by atoms with van der Waals surface area (Å²) in [5.41, 5.74) is 0. The van der Waals surface area contributed by atoms with E-state index in [1.807, 2.05) is 13.8 Å². The number of hydrogen-bond donors (Lipinski definition) is 3. The van der Waals surface area contributed by atoms with Crippen LogP contribution >= 0.6 is 0 Å². The van der Waals surface area contributed by atoms with E-state index in [9.17, 15) is 9.59 Å². The maximum absolute atomic E-state index is 10.8. The van der Waals surface area contributed by atoms with Gasteiger partial charge in [0, 0.05) is 7.05 Å². The predicted octanol–water partition coefficient (Wildman–Crippen LogP) is 0.415. The molecule has 0 aromatic carbocycles. The first kappa shape index (κ1) is 11.7. The van der Waals surface area contributed by atoms with Gasteiger partial charge >= 0.3 is 12.0 Å². The van der Waals surface area contributed by atoms with Crippen LogP contribution in [0.5, 0.6) is 0 Å². The van der Waals surface area contributed by atoms with E-state index in [2.05, 4.69) is 10.6 Å². The molecule has 5 nitrogen and oxygen atoms in total. The Morgan fingerprint density at radius 3 is 2.23 bits per heavy atom. The van der Waals surface area contributed by atoms with Gasteiger partial charge in [-0.25, -0.2) is 9.59 Å². The highest BCUT2D eigenvalue weighted by Crippen LogP contribution is 2.04. The van der Waals surface area contributed by atoms with Gasteiger partial charge in [-0.1, -0.05) is 13.8 Å². The van der Waals surface area contributed by atoms with Crippen LogP contribution < -0.4 is 10.6 Å². The second-order valence-corrected chi connectivity index (χ2v) is 3.24. The third-order valence-corrected chi connectivity index (χ3v) is 1.54. The molecule has 0 aromatic rings. The van der Waals surface area contributed by atoms with Crippen LogP contribution in [-0.4, -0.2) is 30.2 Å². The Hall–Kier alpha value is -1.26. The van der Waals surface area contributed by atoms with E-state index in [0.29, 0.717) is 6.42 Å². The summed E-state index contributed by atoms with van der Waals surface area (Å²) in [6, 6.07) is -1.27. The molecule has 13 heavy (non-hydrogen) atoms. The maximum Gasteiger partial charge on any atom is 0.326 e. The van der Waals surface area contributed by atoms with Crippen LogP contribution in [-0.2, 0) is 4.79 Å². The average molecular weight is 188 g/mol. The molecule has 0 spiro atoms. The SMILES string of the molecule is CNC(=O)N[C@H](CC(C)C)C(=O)O. The third kappa shape index (κ3) is 5.05. The van der Waals surface area contributed by atoms with E-state index < -0.39 is 18.0 Å². The largest absolute Gasteiger partial charge is 0.480 e. The lowest BCUT2D eigenvalue weighted by Crippen LogP contribution is -2.45. The van der Waals surface area contributed by atoms with Crippen LogP contribution in [0.4, 0.5) is 4.79 Å². The molecule has 0 saturated heterocycles. The van der Waals surface area contributed by atoms with Gasteiger partial charge in [-0.15, -0.1) is 0 Å². The Labute approximate surface area is 77.5 Å². The minimum atomic E-state index is -1.00. The predicted molar refractivity (Wildman–Crippen MR) is 48.5 cm³/mol. The molecular formula is C8H16N2O3. The van der Waals surface area contributed by atoms with Crippen molar-refractivity contribution in [3.05, 3.63) is 0 Å². The fourth-order valence-electron chi connectivity index (χ4n) is 0.923. The summed E-state index contributed by atoms with van der Waals surface area (Å²) in [4.78, 5) is 21.5. The Morgan fingerprint density at radius 1 is 1.38 bits per heavy atom. The molecule has 0 radical (unpaired) electrons. The molecule has 0 bridgehead atoms. The van der Waals surface area contributed by atoms with E-state index in [1.165, 1.54) is 7.05 Å². The first-order chi connectivity index (χ1) is 5.97. The molecular weight excluding hydrogens is 172 g/mol.